The van der Waals surface area contributed by atoms with Crippen LogP contribution in [-0.4, -0.2) is 29.2 Å². The second kappa shape index (κ2) is 8.21. The van der Waals surface area contributed by atoms with Crippen LogP contribution < -0.4 is 10.7 Å². The summed E-state index contributed by atoms with van der Waals surface area (Å²) in [6.07, 6.45) is 0. The fourth-order valence-electron chi connectivity index (χ4n) is 1.80. The molecule has 0 saturated heterocycles. The van der Waals surface area contributed by atoms with Crippen molar-refractivity contribution in [2.24, 2.45) is 5.10 Å². The molecule has 1 aromatic heterocycles. The second-order valence-electron chi connectivity index (χ2n) is 4.83. The number of amides is 1. The van der Waals surface area contributed by atoms with E-state index in [0.717, 1.165) is 16.9 Å². The molecule has 24 heavy (non-hydrogen) atoms. The summed E-state index contributed by atoms with van der Waals surface area (Å²) in [5.74, 6) is -0.576. The smallest absolute Gasteiger partial charge is 0.354 e. The van der Waals surface area contributed by atoms with E-state index in [2.05, 4.69) is 20.8 Å². The SMILES string of the molecule is CCOC(=O)/C(C)=N\Nc1nc(-c2ccc(NC(C)=O)cc2)cs1. The summed E-state index contributed by atoms with van der Waals surface area (Å²) in [5.41, 5.74) is 5.40. The van der Waals surface area contributed by atoms with Crippen LogP contribution in [0.5, 0.6) is 0 Å². The van der Waals surface area contributed by atoms with Crippen molar-refractivity contribution in [2.75, 3.05) is 17.3 Å². The Morgan fingerprint density at radius 3 is 2.58 bits per heavy atom. The minimum Gasteiger partial charge on any atom is -0.461 e. The highest BCUT2D eigenvalue weighted by Crippen LogP contribution is 2.26. The largest absolute Gasteiger partial charge is 0.461 e. The number of benzene rings is 1. The van der Waals surface area contributed by atoms with Crippen molar-refractivity contribution in [3.8, 4) is 11.3 Å². The van der Waals surface area contributed by atoms with Crippen LogP contribution in [0.2, 0.25) is 0 Å². The lowest BCUT2D eigenvalue weighted by Crippen LogP contribution is -2.15. The summed E-state index contributed by atoms with van der Waals surface area (Å²) < 4.78 is 4.85. The van der Waals surface area contributed by atoms with Crippen molar-refractivity contribution in [1.29, 1.82) is 0 Å². The summed E-state index contributed by atoms with van der Waals surface area (Å²) in [4.78, 5) is 26.9. The number of aromatic nitrogens is 1. The zero-order valence-electron chi connectivity index (χ0n) is 13.6. The van der Waals surface area contributed by atoms with E-state index in [1.165, 1.54) is 18.3 Å². The Bertz CT molecular complexity index is 753. The lowest BCUT2D eigenvalue weighted by Gasteiger charge is -2.02. The number of rotatable bonds is 6. The molecule has 0 radical (unpaired) electrons. The number of nitrogens with one attached hydrogen (secondary N) is 2. The van der Waals surface area contributed by atoms with E-state index >= 15 is 0 Å². The molecule has 2 N–H and O–H groups in total. The van der Waals surface area contributed by atoms with E-state index in [0.29, 0.717) is 11.7 Å². The van der Waals surface area contributed by atoms with Crippen LogP contribution in [0.4, 0.5) is 10.8 Å². The van der Waals surface area contributed by atoms with Gasteiger partial charge in [-0.25, -0.2) is 9.78 Å². The fraction of sp³-hybridized carbons (Fsp3) is 0.250. The molecule has 0 bridgehead atoms. The average Bonchev–Trinajstić information content (AvgIpc) is 3.02. The number of anilines is 2. The molecule has 1 heterocycles. The Kier molecular flexibility index (Phi) is 6.02. The third-order valence-corrected chi connectivity index (χ3v) is 3.64. The molecule has 7 nitrogen and oxygen atoms in total. The summed E-state index contributed by atoms with van der Waals surface area (Å²) in [6, 6.07) is 7.37. The summed E-state index contributed by atoms with van der Waals surface area (Å²) in [7, 11) is 0. The number of nitrogens with zero attached hydrogens (tertiary/aromatic N) is 2. The number of esters is 1. The van der Waals surface area contributed by atoms with Gasteiger partial charge in [0.1, 0.15) is 5.71 Å². The van der Waals surface area contributed by atoms with E-state index in [4.69, 9.17) is 4.74 Å². The quantitative estimate of drug-likeness (QED) is 0.476. The summed E-state index contributed by atoms with van der Waals surface area (Å²) in [5, 5.41) is 9.12. The van der Waals surface area contributed by atoms with Crippen molar-refractivity contribution >= 4 is 39.7 Å². The zero-order chi connectivity index (χ0) is 17.5. The maximum Gasteiger partial charge on any atom is 0.354 e. The molecule has 1 amide bonds. The van der Waals surface area contributed by atoms with Crippen LogP contribution in [0.15, 0.2) is 34.7 Å². The average molecular weight is 346 g/mol. The van der Waals surface area contributed by atoms with Crippen molar-refractivity contribution in [3.63, 3.8) is 0 Å². The van der Waals surface area contributed by atoms with E-state index in [9.17, 15) is 9.59 Å². The van der Waals surface area contributed by atoms with Gasteiger partial charge in [-0.15, -0.1) is 11.3 Å². The number of ether oxygens (including phenoxy) is 1. The molecule has 0 aliphatic rings. The Morgan fingerprint density at radius 1 is 1.25 bits per heavy atom. The first-order valence-electron chi connectivity index (χ1n) is 7.30. The van der Waals surface area contributed by atoms with Gasteiger partial charge in [-0.3, -0.25) is 10.2 Å². The number of hydrogen-bond acceptors (Lipinski definition) is 7. The minimum absolute atomic E-state index is 0.113. The van der Waals surface area contributed by atoms with Crippen LogP contribution in [0.25, 0.3) is 11.3 Å². The van der Waals surface area contributed by atoms with Crippen molar-refractivity contribution in [1.82, 2.24) is 4.98 Å². The third kappa shape index (κ3) is 4.88. The van der Waals surface area contributed by atoms with Gasteiger partial charge in [0, 0.05) is 23.6 Å². The Labute approximate surface area is 143 Å². The minimum atomic E-state index is -0.463. The van der Waals surface area contributed by atoms with Gasteiger partial charge in [0.05, 0.1) is 12.3 Å². The molecular weight excluding hydrogens is 328 g/mol. The molecule has 2 aromatic rings. The lowest BCUT2D eigenvalue weighted by molar-refractivity contribution is -0.135. The predicted molar refractivity (Wildman–Crippen MR) is 95.2 cm³/mol. The highest BCUT2D eigenvalue weighted by atomic mass is 32.1. The normalized spacial score (nSPS) is 11.0. The van der Waals surface area contributed by atoms with E-state index in [1.807, 2.05) is 29.6 Å². The van der Waals surface area contributed by atoms with Crippen LogP contribution in [0, 0.1) is 0 Å². The maximum atomic E-state index is 11.5. The molecule has 0 atom stereocenters. The van der Waals surface area contributed by atoms with Crippen molar-refractivity contribution in [3.05, 3.63) is 29.6 Å². The van der Waals surface area contributed by atoms with Crippen molar-refractivity contribution in [2.45, 2.75) is 20.8 Å². The highest BCUT2D eigenvalue weighted by molar-refractivity contribution is 7.14. The fourth-order valence-corrected chi connectivity index (χ4v) is 2.46. The van der Waals surface area contributed by atoms with Gasteiger partial charge in [0.25, 0.3) is 0 Å². The van der Waals surface area contributed by atoms with E-state index in [1.54, 1.807) is 13.8 Å². The Hall–Kier alpha value is -2.74. The molecule has 1 aromatic carbocycles. The molecule has 8 heteroatoms. The van der Waals surface area contributed by atoms with Gasteiger partial charge in [-0.2, -0.15) is 5.10 Å². The molecule has 0 fully saturated rings. The van der Waals surface area contributed by atoms with Crippen molar-refractivity contribution < 1.29 is 14.3 Å². The molecule has 0 spiro atoms. The molecule has 126 valence electrons. The van der Waals surface area contributed by atoms with Gasteiger partial charge in [0.15, 0.2) is 0 Å². The van der Waals surface area contributed by atoms with Crippen LogP contribution in [-0.2, 0) is 14.3 Å². The van der Waals surface area contributed by atoms with Gasteiger partial charge >= 0.3 is 5.97 Å². The summed E-state index contributed by atoms with van der Waals surface area (Å²) in [6.45, 7) is 5.08. The lowest BCUT2D eigenvalue weighted by atomic mass is 10.1. The number of hydrazone groups is 1. The Morgan fingerprint density at radius 2 is 1.96 bits per heavy atom. The molecule has 0 saturated carbocycles. The number of thiazole rings is 1. The van der Waals surface area contributed by atoms with Crippen LogP contribution >= 0.6 is 11.3 Å². The molecule has 0 unspecified atom stereocenters. The van der Waals surface area contributed by atoms with Gasteiger partial charge in [-0.1, -0.05) is 12.1 Å². The second-order valence-corrected chi connectivity index (χ2v) is 5.68. The number of carbonyl (C=O) groups is 2. The van der Waals surface area contributed by atoms with E-state index in [-0.39, 0.29) is 11.6 Å². The van der Waals surface area contributed by atoms with E-state index < -0.39 is 5.97 Å². The summed E-state index contributed by atoms with van der Waals surface area (Å²) >= 11 is 1.38. The third-order valence-electron chi connectivity index (χ3n) is 2.90. The molecule has 2 rings (SSSR count). The first-order valence-corrected chi connectivity index (χ1v) is 8.18. The predicted octanol–water partition coefficient (Wildman–Crippen LogP) is 3.12. The van der Waals surface area contributed by atoms with Gasteiger partial charge in [-0.05, 0) is 26.0 Å². The first kappa shape index (κ1) is 17.6. The molecule has 0 aliphatic heterocycles. The number of carbonyl (C=O) groups excluding carboxylic acids is 2. The molecular formula is C16H18N4O3S. The standard InChI is InChI=1S/C16H18N4O3S/c1-4-23-15(22)10(2)19-20-16-18-14(9-24-16)12-5-7-13(8-6-12)17-11(3)21/h5-9H,4H2,1-3H3,(H,17,21)(H,18,20)/b19-10-. The maximum absolute atomic E-state index is 11.5. The first-order chi connectivity index (χ1) is 11.5. The Balaban J connectivity index is 2.03. The number of hydrogen-bond donors (Lipinski definition) is 2. The monoisotopic (exact) mass is 346 g/mol. The van der Waals surface area contributed by atoms with Crippen LogP contribution in [0.3, 0.4) is 0 Å². The van der Waals surface area contributed by atoms with Gasteiger partial charge < -0.3 is 10.1 Å². The zero-order valence-corrected chi connectivity index (χ0v) is 14.4. The topological polar surface area (TPSA) is 92.7 Å². The van der Waals surface area contributed by atoms with Crippen LogP contribution in [0.1, 0.15) is 20.8 Å². The highest BCUT2D eigenvalue weighted by Gasteiger charge is 2.08. The molecule has 0 aliphatic carbocycles. The van der Waals surface area contributed by atoms with Gasteiger partial charge in [0.2, 0.25) is 11.0 Å².